The third kappa shape index (κ3) is 5.02. The Kier molecular flexibility index (Phi) is 6.02. The van der Waals surface area contributed by atoms with E-state index in [9.17, 15) is 4.79 Å². The molecule has 1 aromatic heterocycles. The van der Waals surface area contributed by atoms with Gasteiger partial charge in [-0.05, 0) is 24.1 Å². The van der Waals surface area contributed by atoms with Crippen molar-refractivity contribution in [1.82, 2.24) is 10.2 Å². The van der Waals surface area contributed by atoms with Gasteiger partial charge < -0.3 is 14.5 Å². The smallest absolute Gasteiger partial charge is 0.244 e. The second-order valence-electron chi connectivity index (χ2n) is 5.55. The second-order valence-corrected chi connectivity index (χ2v) is 5.55. The number of furan rings is 1. The lowest BCUT2D eigenvalue weighted by atomic mass is 10.0. The SMILES string of the molecule is CC(C)[C@@H](CNC(=O)/C=C\c1ccco1)N1CCOCC1. The maximum Gasteiger partial charge on any atom is 0.244 e. The molecule has 0 unspecified atom stereocenters. The second kappa shape index (κ2) is 8.00. The third-order valence-electron chi connectivity index (χ3n) is 3.71. The fourth-order valence-electron chi connectivity index (χ4n) is 2.50. The van der Waals surface area contributed by atoms with Crippen molar-refractivity contribution >= 4 is 12.0 Å². The van der Waals surface area contributed by atoms with Crippen molar-refractivity contribution in [2.45, 2.75) is 19.9 Å². The van der Waals surface area contributed by atoms with Crippen LogP contribution in [0.2, 0.25) is 0 Å². The Balaban J connectivity index is 1.82. The minimum atomic E-state index is -0.0923. The van der Waals surface area contributed by atoms with Crippen LogP contribution < -0.4 is 5.32 Å². The van der Waals surface area contributed by atoms with Crippen LogP contribution in [0, 0.1) is 5.92 Å². The molecule has 116 valence electrons. The standard InChI is InChI=1S/C16H24N2O3/c1-13(2)15(18-7-10-20-11-8-18)12-17-16(19)6-5-14-4-3-9-21-14/h3-6,9,13,15H,7-8,10-12H2,1-2H3,(H,17,19)/b6-5-/t15-/m1/s1. The average molecular weight is 292 g/mol. The number of ether oxygens (including phenoxy) is 1. The van der Waals surface area contributed by atoms with E-state index in [0.29, 0.717) is 24.3 Å². The molecule has 5 heteroatoms. The summed E-state index contributed by atoms with van der Waals surface area (Å²) >= 11 is 0. The summed E-state index contributed by atoms with van der Waals surface area (Å²) in [5, 5.41) is 2.97. The minimum absolute atomic E-state index is 0.0923. The van der Waals surface area contributed by atoms with Crippen molar-refractivity contribution in [3.63, 3.8) is 0 Å². The molecule has 1 N–H and O–H groups in total. The van der Waals surface area contributed by atoms with E-state index in [1.165, 1.54) is 6.08 Å². The Morgan fingerprint density at radius 2 is 2.19 bits per heavy atom. The first-order valence-electron chi connectivity index (χ1n) is 7.48. The van der Waals surface area contributed by atoms with Crippen LogP contribution in [0.1, 0.15) is 19.6 Å². The highest BCUT2D eigenvalue weighted by atomic mass is 16.5. The number of amides is 1. The van der Waals surface area contributed by atoms with Crippen molar-refractivity contribution in [2.24, 2.45) is 5.92 Å². The molecule has 5 nitrogen and oxygen atoms in total. The lowest BCUT2D eigenvalue weighted by Gasteiger charge is -2.36. The number of hydrogen-bond acceptors (Lipinski definition) is 4. The molecule has 0 aliphatic carbocycles. The molecular formula is C16H24N2O3. The van der Waals surface area contributed by atoms with Gasteiger partial charge in [0, 0.05) is 31.8 Å². The van der Waals surface area contributed by atoms with Gasteiger partial charge in [-0.15, -0.1) is 0 Å². The topological polar surface area (TPSA) is 54.7 Å². The summed E-state index contributed by atoms with van der Waals surface area (Å²) in [7, 11) is 0. The summed E-state index contributed by atoms with van der Waals surface area (Å²) in [6.07, 6.45) is 4.77. The third-order valence-corrected chi connectivity index (χ3v) is 3.71. The molecule has 0 aromatic carbocycles. The van der Waals surface area contributed by atoms with Gasteiger partial charge in [0.1, 0.15) is 5.76 Å². The van der Waals surface area contributed by atoms with Gasteiger partial charge in [0.2, 0.25) is 5.91 Å². The Morgan fingerprint density at radius 3 is 2.81 bits per heavy atom. The van der Waals surface area contributed by atoms with Gasteiger partial charge >= 0.3 is 0 Å². The van der Waals surface area contributed by atoms with E-state index in [-0.39, 0.29) is 5.91 Å². The van der Waals surface area contributed by atoms with Crippen LogP contribution in [0.5, 0.6) is 0 Å². The zero-order valence-electron chi connectivity index (χ0n) is 12.7. The van der Waals surface area contributed by atoms with Crippen LogP contribution >= 0.6 is 0 Å². The molecule has 1 atom stereocenters. The summed E-state index contributed by atoms with van der Waals surface area (Å²) < 4.78 is 10.5. The Morgan fingerprint density at radius 1 is 1.43 bits per heavy atom. The molecule has 1 aliphatic heterocycles. The lowest BCUT2D eigenvalue weighted by molar-refractivity contribution is -0.116. The van der Waals surface area contributed by atoms with E-state index in [4.69, 9.17) is 9.15 Å². The van der Waals surface area contributed by atoms with Gasteiger partial charge in [0.05, 0.1) is 19.5 Å². The summed E-state index contributed by atoms with van der Waals surface area (Å²) in [6.45, 7) is 8.43. The highest BCUT2D eigenvalue weighted by molar-refractivity contribution is 5.91. The number of morpholine rings is 1. The number of rotatable bonds is 6. The summed E-state index contributed by atoms with van der Waals surface area (Å²) in [6, 6.07) is 3.95. The number of hydrogen-bond donors (Lipinski definition) is 1. The van der Waals surface area contributed by atoms with Crippen molar-refractivity contribution < 1.29 is 13.9 Å². The number of carbonyl (C=O) groups is 1. The quantitative estimate of drug-likeness (QED) is 0.812. The largest absolute Gasteiger partial charge is 0.465 e. The normalized spacial score (nSPS) is 18.2. The van der Waals surface area contributed by atoms with Crippen molar-refractivity contribution in [3.05, 3.63) is 30.2 Å². The van der Waals surface area contributed by atoms with Gasteiger partial charge in [0.25, 0.3) is 0 Å². The molecule has 1 aliphatic rings. The zero-order valence-corrected chi connectivity index (χ0v) is 12.7. The van der Waals surface area contributed by atoms with Gasteiger partial charge in [-0.25, -0.2) is 0 Å². The molecule has 0 saturated carbocycles. The van der Waals surface area contributed by atoms with Crippen molar-refractivity contribution in [1.29, 1.82) is 0 Å². The van der Waals surface area contributed by atoms with Crippen LogP contribution in [0.25, 0.3) is 6.08 Å². The highest BCUT2D eigenvalue weighted by Crippen LogP contribution is 2.12. The molecule has 0 radical (unpaired) electrons. The Labute approximate surface area is 125 Å². The molecule has 1 saturated heterocycles. The molecule has 2 heterocycles. The predicted molar refractivity (Wildman–Crippen MR) is 81.8 cm³/mol. The van der Waals surface area contributed by atoms with Gasteiger partial charge in [0.15, 0.2) is 0 Å². The molecule has 0 spiro atoms. The van der Waals surface area contributed by atoms with E-state index in [0.717, 1.165) is 26.3 Å². The molecule has 21 heavy (non-hydrogen) atoms. The minimum Gasteiger partial charge on any atom is -0.465 e. The number of nitrogens with zero attached hydrogens (tertiary/aromatic N) is 1. The molecule has 1 aromatic rings. The molecular weight excluding hydrogens is 268 g/mol. The predicted octanol–water partition coefficient (Wildman–Crippen LogP) is 1.77. The lowest BCUT2D eigenvalue weighted by Crippen LogP contribution is -2.51. The van der Waals surface area contributed by atoms with Gasteiger partial charge in [-0.3, -0.25) is 9.69 Å². The number of nitrogens with one attached hydrogen (secondary N) is 1. The van der Waals surface area contributed by atoms with E-state index >= 15 is 0 Å². The first-order chi connectivity index (χ1) is 10.2. The Bertz CT molecular complexity index is 448. The van der Waals surface area contributed by atoms with E-state index in [1.54, 1.807) is 18.4 Å². The fourth-order valence-corrected chi connectivity index (χ4v) is 2.50. The summed E-state index contributed by atoms with van der Waals surface area (Å²) in [5.74, 6) is 1.07. The molecule has 0 bridgehead atoms. The van der Waals surface area contributed by atoms with E-state index in [1.807, 2.05) is 6.07 Å². The van der Waals surface area contributed by atoms with E-state index in [2.05, 4.69) is 24.1 Å². The maximum absolute atomic E-state index is 11.9. The monoisotopic (exact) mass is 292 g/mol. The first kappa shape index (κ1) is 15.8. The van der Waals surface area contributed by atoms with Gasteiger partial charge in [-0.2, -0.15) is 0 Å². The zero-order chi connectivity index (χ0) is 15.1. The van der Waals surface area contributed by atoms with Crippen molar-refractivity contribution in [2.75, 3.05) is 32.8 Å². The molecule has 1 amide bonds. The van der Waals surface area contributed by atoms with Crippen LogP contribution in [-0.4, -0.2) is 49.7 Å². The van der Waals surface area contributed by atoms with Gasteiger partial charge in [-0.1, -0.05) is 13.8 Å². The maximum atomic E-state index is 11.9. The molecule has 2 rings (SSSR count). The highest BCUT2D eigenvalue weighted by Gasteiger charge is 2.23. The summed E-state index contributed by atoms with van der Waals surface area (Å²) in [4.78, 5) is 14.3. The van der Waals surface area contributed by atoms with Crippen molar-refractivity contribution in [3.8, 4) is 0 Å². The van der Waals surface area contributed by atoms with Crippen LogP contribution in [0.15, 0.2) is 28.9 Å². The van der Waals surface area contributed by atoms with Crippen LogP contribution in [0.3, 0.4) is 0 Å². The Hall–Kier alpha value is -1.59. The summed E-state index contributed by atoms with van der Waals surface area (Å²) in [5.41, 5.74) is 0. The van der Waals surface area contributed by atoms with Crippen LogP contribution in [0.4, 0.5) is 0 Å². The first-order valence-corrected chi connectivity index (χ1v) is 7.48. The fraction of sp³-hybridized carbons (Fsp3) is 0.562. The molecule has 1 fully saturated rings. The number of carbonyl (C=O) groups excluding carboxylic acids is 1. The average Bonchev–Trinajstić information content (AvgIpc) is 2.99. The van der Waals surface area contributed by atoms with Crippen LogP contribution in [-0.2, 0) is 9.53 Å². The van der Waals surface area contributed by atoms with E-state index < -0.39 is 0 Å².